The van der Waals surface area contributed by atoms with Gasteiger partial charge in [-0.15, -0.1) is 0 Å². The average molecular weight is 318 g/mol. The lowest BCUT2D eigenvalue weighted by Gasteiger charge is -2.25. The molecule has 0 atom stereocenters. The minimum absolute atomic E-state index is 0.0426. The van der Waals surface area contributed by atoms with Crippen LogP contribution in [0.2, 0.25) is 0 Å². The normalized spacial score (nSPS) is 12.6. The summed E-state index contributed by atoms with van der Waals surface area (Å²) in [6, 6.07) is 3.78. The second kappa shape index (κ2) is 7.31. The summed E-state index contributed by atoms with van der Waals surface area (Å²) in [5.41, 5.74) is -0.423. The van der Waals surface area contributed by atoms with E-state index in [-0.39, 0.29) is 18.0 Å². The maximum Gasteiger partial charge on any atom is 0.241 e. The number of benzene rings is 1. The molecule has 0 saturated carbocycles. The van der Waals surface area contributed by atoms with Crippen LogP contribution in [0.3, 0.4) is 0 Å². The largest absolute Gasteiger partial charge is 0.383 e. The van der Waals surface area contributed by atoms with Crippen LogP contribution in [-0.4, -0.2) is 34.2 Å². The van der Waals surface area contributed by atoms with E-state index in [0.29, 0.717) is 12.1 Å². The van der Waals surface area contributed by atoms with E-state index >= 15 is 0 Å². The molecule has 0 amide bonds. The van der Waals surface area contributed by atoms with E-state index in [9.17, 15) is 12.8 Å². The summed E-state index contributed by atoms with van der Waals surface area (Å²) in [4.78, 5) is 0.0426. The molecule has 0 heterocycles. The van der Waals surface area contributed by atoms with Crippen LogP contribution in [0.15, 0.2) is 23.1 Å². The Labute approximate surface area is 125 Å². The van der Waals surface area contributed by atoms with Gasteiger partial charge in [0.1, 0.15) is 5.82 Å². The van der Waals surface area contributed by atoms with Gasteiger partial charge in [0, 0.05) is 19.2 Å². The van der Waals surface area contributed by atoms with Gasteiger partial charge in [-0.05, 0) is 38.6 Å². The zero-order valence-electron chi connectivity index (χ0n) is 12.9. The summed E-state index contributed by atoms with van der Waals surface area (Å²) >= 11 is 0. The fourth-order valence-electron chi connectivity index (χ4n) is 1.93. The van der Waals surface area contributed by atoms with Crippen molar-refractivity contribution in [3.63, 3.8) is 0 Å². The van der Waals surface area contributed by atoms with E-state index in [4.69, 9.17) is 4.74 Å². The van der Waals surface area contributed by atoms with E-state index in [1.54, 1.807) is 13.8 Å². The summed E-state index contributed by atoms with van der Waals surface area (Å²) in [7, 11) is -2.23. The van der Waals surface area contributed by atoms with Crippen molar-refractivity contribution >= 4 is 10.0 Å². The summed E-state index contributed by atoms with van der Waals surface area (Å²) in [6.07, 6.45) is 0. The standard InChI is InChI=1S/C14H23FN2O3S/c1-5-16-9-11-8-12(6-7-13(11)15)21(18,19)17-14(2,3)10-20-4/h6-8,16-17H,5,9-10H2,1-4H3. The lowest BCUT2D eigenvalue weighted by atomic mass is 10.1. The molecule has 5 nitrogen and oxygen atoms in total. The van der Waals surface area contributed by atoms with Crippen molar-refractivity contribution in [3.8, 4) is 0 Å². The van der Waals surface area contributed by atoms with Crippen LogP contribution in [0, 0.1) is 5.82 Å². The molecule has 1 rings (SSSR count). The zero-order chi connectivity index (χ0) is 16.1. The monoisotopic (exact) mass is 318 g/mol. The molecule has 0 bridgehead atoms. The second-order valence-corrected chi connectivity index (χ2v) is 7.14. The number of halogens is 1. The highest BCUT2D eigenvalue weighted by Crippen LogP contribution is 2.17. The van der Waals surface area contributed by atoms with Crippen LogP contribution < -0.4 is 10.0 Å². The topological polar surface area (TPSA) is 67.4 Å². The molecule has 0 radical (unpaired) electrons. The first-order valence-corrected chi connectivity index (χ1v) is 8.22. The van der Waals surface area contributed by atoms with Gasteiger partial charge in [0.2, 0.25) is 10.0 Å². The van der Waals surface area contributed by atoms with Gasteiger partial charge in [0.25, 0.3) is 0 Å². The third kappa shape index (κ3) is 5.35. The molecule has 1 aromatic carbocycles. The fraction of sp³-hybridized carbons (Fsp3) is 0.571. The van der Waals surface area contributed by atoms with Crippen molar-refractivity contribution < 1.29 is 17.5 Å². The fourth-order valence-corrected chi connectivity index (χ4v) is 3.38. The summed E-state index contributed by atoms with van der Waals surface area (Å²) in [5.74, 6) is -0.425. The van der Waals surface area contributed by atoms with Crippen LogP contribution in [0.4, 0.5) is 4.39 Å². The minimum Gasteiger partial charge on any atom is -0.383 e. The zero-order valence-corrected chi connectivity index (χ0v) is 13.7. The predicted molar refractivity (Wildman–Crippen MR) is 80.1 cm³/mol. The molecule has 21 heavy (non-hydrogen) atoms. The maximum absolute atomic E-state index is 13.7. The first-order valence-electron chi connectivity index (χ1n) is 6.74. The number of hydrogen-bond acceptors (Lipinski definition) is 4. The number of rotatable bonds is 8. The Hall–Kier alpha value is -1.02. The van der Waals surface area contributed by atoms with Crippen molar-refractivity contribution in [3.05, 3.63) is 29.6 Å². The van der Waals surface area contributed by atoms with Crippen molar-refractivity contribution in [1.29, 1.82) is 0 Å². The van der Waals surface area contributed by atoms with Crippen LogP contribution in [-0.2, 0) is 21.3 Å². The van der Waals surface area contributed by atoms with Crippen LogP contribution in [0.25, 0.3) is 0 Å². The van der Waals surface area contributed by atoms with E-state index in [0.717, 1.165) is 0 Å². The van der Waals surface area contributed by atoms with Crippen LogP contribution >= 0.6 is 0 Å². The summed E-state index contributed by atoms with van der Waals surface area (Å²) in [6.45, 7) is 6.53. The molecule has 0 aliphatic carbocycles. The van der Waals surface area contributed by atoms with E-state index in [2.05, 4.69) is 10.0 Å². The molecule has 0 unspecified atom stereocenters. The van der Waals surface area contributed by atoms with Gasteiger partial charge in [0.15, 0.2) is 0 Å². The third-order valence-electron chi connectivity index (χ3n) is 2.81. The Morgan fingerprint density at radius 2 is 2.00 bits per heavy atom. The first-order chi connectivity index (χ1) is 9.72. The van der Waals surface area contributed by atoms with Gasteiger partial charge >= 0.3 is 0 Å². The number of ether oxygens (including phenoxy) is 1. The maximum atomic E-state index is 13.7. The first kappa shape index (κ1) is 18.0. The molecular weight excluding hydrogens is 295 g/mol. The molecule has 0 spiro atoms. The van der Waals surface area contributed by atoms with E-state index < -0.39 is 21.4 Å². The minimum atomic E-state index is -3.73. The highest BCUT2D eigenvalue weighted by atomic mass is 32.2. The Morgan fingerprint density at radius 1 is 1.33 bits per heavy atom. The molecule has 7 heteroatoms. The number of methoxy groups -OCH3 is 1. The average Bonchev–Trinajstić information content (AvgIpc) is 2.36. The second-order valence-electron chi connectivity index (χ2n) is 5.46. The van der Waals surface area contributed by atoms with E-state index in [1.165, 1.54) is 25.3 Å². The summed E-state index contributed by atoms with van der Waals surface area (Å²) in [5, 5.41) is 2.98. The van der Waals surface area contributed by atoms with Crippen LogP contribution in [0.5, 0.6) is 0 Å². The van der Waals surface area contributed by atoms with E-state index in [1.807, 2.05) is 6.92 Å². The van der Waals surface area contributed by atoms with Crippen molar-refractivity contribution in [2.45, 2.75) is 37.8 Å². The van der Waals surface area contributed by atoms with Gasteiger partial charge in [-0.1, -0.05) is 6.92 Å². The van der Waals surface area contributed by atoms with Crippen molar-refractivity contribution in [2.75, 3.05) is 20.3 Å². The highest BCUT2D eigenvalue weighted by Gasteiger charge is 2.26. The predicted octanol–water partition coefficient (Wildman–Crippen LogP) is 1.64. The van der Waals surface area contributed by atoms with Gasteiger partial charge < -0.3 is 10.1 Å². The molecule has 0 aliphatic rings. The Morgan fingerprint density at radius 3 is 2.57 bits per heavy atom. The smallest absolute Gasteiger partial charge is 0.241 e. The number of sulfonamides is 1. The molecule has 1 aromatic rings. The summed E-state index contributed by atoms with van der Waals surface area (Å²) < 4.78 is 45.9. The Kier molecular flexibility index (Phi) is 6.27. The SMILES string of the molecule is CCNCc1cc(S(=O)(=O)NC(C)(C)COC)ccc1F. The molecular formula is C14H23FN2O3S. The molecule has 2 N–H and O–H groups in total. The van der Waals surface area contributed by atoms with Crippen LogP contribution in [0.1, 0.15) is 26.3 Å². The highest BCUT2D eigenvalue weighted by molar-refractivity contribution is 7.89. The molecule has 120 valence electrons. The number of nitrogens with one attached hydrogen (secondary N) is 2. The Bertz CT molecular complexity index is 574. The third-order valence-corrected chi connectivity index (χ3v) is 4.50. The van der Waals surface area contributed by atoms with Gasteiger partial charge in [-0.2, -0.15) is 0 Å². The van der Waals surface area contributed by atoms with Crippen molar-refractivity contribution in [1.82, 2.24) is 10.0 Å². The molecule has 0 aliphatic heterocycles. The Balaban J connectivity index is 3.03. The molecule has 0 fully saturated rings. The quantitative estimate of drug-likeness (QED) is 0.765. The van der Waals surface area contributed by atoms with Gasteiger partial charge in [0.05, 0.1) is 17.0 Å². The lowest BCUT2D eigenvalue weighted by molar-refractivity contribution is 0.141. The van der Waals surface area contributed by atoms with Crippen molar-refractivity contribution in [2.24, 2.45) is 0 Å². The van der Waals surface area contributed by atoms with Gasteiger partial charge in [-0.3, -0.25) is 0 Å². The van der Waals surface area contributed by atoms with Gasteiger partial charge in [-0.25, -0.2) is 17.5 Å². The lowest BCUT2D eigenvalue weighted by Crippen LogP contribution is -2.46. The molecule has 0 aromatic heterocycles. The number of hydrogen-bond donors (Lipinski definition) is 2. The molecule has 0 saturated heterocycles.